The molecule has 2 aromatic heterocycles. The number of aromatic nitrogens is 1. The number of furan rings is 1. The second-order valence-corrected chi connectivity index (χ2v) is 6.86. The third-order valence-electron chi connectivity index (χ3n) is 3.99. The Bertz CT molecular complexity index is 735. The molecule has 1 N–H and O–H groups in total. The van der Waals surface area contributed by atoms with Crippen LogP contribution in [0.1, 0.15) is 28.7 Å². The molecule has 3 rings (SSSR count). The zero-order valence-electron chi connectivity index (χ0n) is 12.3. The third-order valence-corrected chi connectivity index (χ3v) is 4.77. The van der Waals surface area contributed by atoms with Crippen LogP contribution in [0.2, 0.25) is 0 Å². The summed E-state index contributed by atoms with van der Waals surface area (Å²) in [5, 5.41) is 12.0. The van der Waals surface area contributed by atoms with Crippen molar-refractivity contribution in [3.63, 3.8) is 0 Å². The second kappa shape index (κ2) is 5.24. The van der Waals surface area contributed by atoms with Crippen molar-refractivity contribution in [2.45, 2.75) is 20.3 Å². The van der Waals surface area contributed by atoms with Gasteiger partial charge in [0.15, 0.2) is 5.76 Å². The van der Waals surface area contributed by atoms with Crippen molar-refractivity contribution >= 4 is 23.2 Å². The Balaban J connectivity index is 1.77. The maximum Gasteiger partial charge on any atom is 0.311 e. The van der Waals surface area contributed by atoms with Gasteiger partial charge in [-0.3, -0.25) is 9.59 Å². The van der Waals surface area contributed by atoms with Gasteiger partial charge in [-0.25, -0.2) is 4.98 Å². The smallest absolute Gasteiger partial charge is 0.311 e. The molecule has 22 heavy (non-hydrogen) atoms. The van der Waals surface area contributed by atoms with E-state index in [0.29, 0.717) is 30.0 Å². The lowest BCUT2D eigenvalue weighted by Gasteiger charge is -2.19. The molecule has 1 fully saturated rings. The number of carboxylic acids is 1. The Kier molecular flexibility index (Phi) is 3.52. The first-order chi connectivity index (χ1) is 10.4. The Hall–Kier alpha value is -2.15. The van der Waals surface area contributed by atoms with Gasteiger partial charge in [-0.2, -0.15) is 0 Å². The molecule has 7 heteroatoms. The van der Waals surface area contributed by atoms with Crippen molar-refractivity contribution < 1.29 is 19.1 Å². The van der Waals surface area contributed by atoms with Gasteiger partial charge in [-0.1, -0.05) is 0 Å². The van der Waals surface area contributed by atoms with E-state index in [9.17, 15) is 14.7 Å². The van der Waals surface area contributed by atoms with Gasteiger partial charge in [-0.15, -0.1) is 11.3 Å². The van der Waals surface area contributed by atoms with Crippen LogP contribution in [0.4, 0.5) is 0 Å². The minimum absolute atomic E-state index is 0.202. The van der Waals surface area contributed by atoms with E-state index in [1.165, 1.54) is 17.6 Å². The summed E-state index contributed by atoms with van der Waals surface area (Å²) in [5.74, 6) is -0.520. The number of carbonyl (C=O) groups is 2. The molecule has 0 radical (unpaired) electrons. The van der Waals surface area contributed by atoms with Crippen LogP contribution in [-0.4, -0.2) is 40.0 Å². The number of thiazole rings is 1. The van der Waals surface area contributed by atoms with E-state index in [2.05, 4.69) is 4.98 Å². The molecule has 3 heterocycles. The van der Waals surface area contributed by atoms with Crippen molar-refractivity contribution in [3.8, 4) is 11.5 Å². The topological polar surface area (TPSA) is 83.6 Å². The van der Waals surface area contributed by atoms with E-state index < -0.39 is 11.4 Å². The van der Waals surface area contributed by atoms with E-state index in [1.54, 1.807) is 17.9 Å². The van der Waals surface area contributed by atoms with Crippen LogP contribution in [0.5, 0.6) is 0 Å². The predicted molar refractivity (Wildman–Crippen MR) is 80.8 cm³/mol. The number of amides is 1. The normalized spacial score (nSPS) is 21.3. The summed E-state index contributed by atoms with van der Waals surface area (Å²) < 4.78 is 5.42. The van der Waals surface area contributed by atoms with Crippen LogP contribution in [0.25, 0.3) is 11.5 Å². The van der Waals surface area contributed by atoms with E-state index in [1.807, 2.05) is 12.3 Å². The molecular weight excluding hydrogens is 304 g/mol. The summed E-state index contributed by atoms with van der Waals surface area (Å²) in [6.45, 7) is 4.23. The number of rotatable bonds is 3. The first-order valence-electron chi connectivity index (χ1n) is 6.93. The molecule has 0 bridgehead atoms. The molecular formula is C15H16N2O4S. The molecule has 6 nitrogen and oxygen atoms in total. The van der Waals surface area contributed by atoms with Gasteiger partial charge >= 0.3 is 5.97 Å². The van der Waals surface area contributed by atoms with E-state index in [4.69, 9.17) is 4.42 Å². The SMILES string of the molecule is Cc1nc(-c2cc(C(=O)N3CCC(C)(C(=O)O)C3)co2)cs1. The number of hydrogen-bond donors (Lipinski definition) is 1. The molecule has 0 aliphatic carbocycles. The van der Waals surface area contributed by atoms with Crippen LogP contribution >= 0.6 is 11.3 Å². The molecule has 1 saturated heterocycles. The molecule has 2 aromatic rings. The summed E-state index contributed by atoms with van der Waals surface area (Å²) in [5.41, 5.74) is 0.266. The quantitative estimate of drug-likeness (QED) is 0.940. The van der Waals surface area contributed by atoms with Crippen LogP contribution in [-0.2, 0) is 4.79 Å². The zero-order chi connectivity index (χ0) is 15.9. The van der Waals surface area contributed by atoms with Gasteiger partial charge in [0.2, 0.25) is 0 Å². The zero-order valence-corrected chi connectivity index (χ0v) is 13.1. The molecule has 1 atom stereocenters. The fourth-order valence-electron chi connectivity index (χ4n) is 2.55. The number of aliphatic carboxylic acids is 1. The van der Waals surface area contributed by atoms with E-state index in [-0.39, 0.29) is 12.5 Å². The molecule has 0 saturated carbocycles. The lowest BCUT2D eigenvalue weighted by molar-refractivity contribution is -0.147. The highest BCUT2D eigenvalue weighted by molar-refractivity contribution is 7.09. The fourth-order valence-corrected chi connectivity index (χ4v) is 3.15. The largest absolute Gasteiger partial charge is 0.481 e. The molecule has 0 spiro atoms. The third kappa shape index (κ3) is 2.52. The Labute approximate surface area is 131 Å². The number of carboxylic acid groups (broad SMARTS) is 1. The summed E-state index contributed by atoms with van der Waals surface area (Å²) in [7, 11) is 0. The molecule has 116 valence electrons. The lowest BCUT2D eigenvalue weighted by atomic mass is 9.90. The van der Waals surface area contributed by atoms with Crippen LogP contribution in [0.15, 0.2) is 22.1 Å². The Morgan fingerprint density at radius 2 is 2.27 bits per heavy atom. The van der Waals surface area contributed by atoms with Crippen molar-refractivity contribution in [2.75, 3.05) is 13.1 Å². The van der Waals surface area contributed by atoms with Crippen molar-refractivity contribution in [1.82, 2.24) is 9.88 Å². The molecule has 1 unspecified atom stereocenters. The average molecular weight is 320 g/mol. The second-order valence-electron chi connectivity index (χ2n) is 5.79. The number of carbonyl (C=O) groups excluding carboxylic acids is 1. The van der Waals surface area contributed by atoms with Gasteiger partial charge in [0.1, 0.15) is 12.0 Å². The Morgan fingerprint density at radius 3 is 2.86 bits per heavy atom. The van der Waals surface area contributed by atoms with Gasteiger partial charge in [0.05, 0.1) is 16.0 Å². The fraction of sp³-hybridized carbons (Fsp3) is 0.400. The van der Waals surface area contributed by atoms with Crippen LogP contribution in [0, 0.1) is 12.3 Å². The van der Waals surface area contributed by atoms with Crippen LogP contribution < -0.4 is 0 Å². The molecule has 1 aliphatic heterocycles. The molecule has 1 amide bonds. The highest BCUT2D eigenvalue weighted by Gasteiger charge is 2.42. The van der Waals surface area contributed by atoms with Crippen molar-refractivity contribution in [2.24, 2.45) is 5.41 Å². The summed E-state index contributed by atoms with van der Waals surface area (Å²) in [6.07, 6.45) is 1.87. The standard InChI is InChI=1S/C15H16N2O4S/c1-9-16-11(7-22-9)12-5-10(6-21-12)13(18)17-4-3-15(2,8-17)14(19)20/h5-7H,3-4,8H2,1-2H3,(H,19,20). The highest BCUT2D eigenvalue weighted by atomic mass is 32.1. The Morgan fingerprint density at radius 1 is 1.50 bits per heavy atom. The predicted octanol–water partition coefficient (Wildman–Crippen LogP) is 2.65. The molecule has 1 aliphatic rings. The monoisotopic (exact) mass is 320 g/mol. The van der Waals surface area contributed by atoms with Gasteiger partial charge in [0, 0.05) is 18.5 Å². The van der Waals surface area contributed by atoms with E-state index >= 15 is 0 Å². The lowest BCUT2D eigenvalue weighted by Crippen LogP contribution is -2.34. The van der Waals surface area contributed by atoms with Gasteiger partial charge in [-0.05, 0) is 26.3 Å². The minimum atomic E-state index is -0.867. The number of nitrogens with zero attached hydrogens (tertiary/aromatic N) is 2. The first kappa shape index (κ1) is 14.8. The van der Waals surface area contributed by atoms with Crippen LogP contribution in [0.3, 0.4) is 0 Å². The first-order valence-corrected chi connectivity index (χ1v) is 7.81. The number of aryl methyl sites for hydroxylation is 1. The van der Waals surface area contributed by atoms with E-state index in [0.717, 1.165) is 5.01 Å². The van der Waals surface area contributed by atoms with Crippen molar-refractivity contribution in [1.29, 1.82) is 0 Å². The highest BCUT2D eigenvalue weighted by Crippen LogP contribution is 2.32. The maximum atomic E-state index is 12.5. The summed E-state index contributed by atoms with van der Waals surface area (Å²) in [4.78, 5) is 29.6. The molecule has 0 aromatic carbocycles. The maximum absolute atomic E-state index is 12.5. The average Bonchev–Trinajstić information content (AvgIpc) is 3.17. The number of likely N-dealkylation sites (tertiary alicyclic amines) is 1. The minimum Gasteiger partial charge on any atom is -0.481 e. The number of hydrogen-bond acceptors (Lipinski definition) is 5. The van der Waals surface area contributed by atoms with Crippen molar-refractivity contribution in [3.05, 3.63) is 28.3 Å². The van der Waals surface area contributed by atoms with Gasteiger partial charge < -0.3 is 14.4 Å². The summed E-state index contributed by atoms with van der Waals surface area (Å²) >= 11 is 1.51. The summed E-state index contributed by atoms with van der Waals surface area (Å²) in [6, 6.07) is 1.66. The van der Waals surface area contributed by atoms with Gasteiger partial charge in [0.25, 0.3) is 5.91 Å².